The first-order chi connectivity index (χ1) is 7.51. The van der Waals surface area contributed by atoms with Crippen molar-refractivity contribution in [3.63, 3.8) is 0 Å². The van der Waals surface area contributed by atoms with Gasteiger partial charge in [-0.25, -0.2) is 4.98 Å². The summed E-state index contributed by atoms with van der Waals surface area (Å²) in [6.07, 6.45) is -3.51. The molecule has 1 aromatic heterocycles. The summed E-state index contributed by atoms with van der Waals surface area (Å²) < 4.78 is 40.2. The number of nitrogens with one attached hydrogen (secondary N) is 1. The van der Waals surface area contributed by atoms with Crippen LogP contribution in [0.5, 0.6) is 0 Å². The number of halogens is 3. The minimum atomic E-state index is -4.16. The number of anilines is 1. The number of alkyl halides is 3. The molecule has 0 amide bonds. The Balaban J connectivity index is 2.27. The Hall–Kier alpha value is -1.30. The summed E-state index contributed by atoms with van der Waals surface area (Å²) in [6, 6.07) is 3.49. The first-order valence-corrected chi connectivity index (χ1v) is 4.78. The van der Waals surface area contributed by atoms with Gasteiger partial charge in [0.15, 0.2) is 0 Å². The van der Waals surface area contributed by atoms with E-state index in [1.807, 2.05) is 0 Å². The minimum absolute atomic E-state index is 0.146. The molecule has 3 nitrogen and oxygen atoms in total. The van der Waals surface area contributed by atoms with Crippen molar-refractivity contribution in [1.29, 1.82) is 0 Å². The van der Waals surface area contributed by atoms with Gasteiger partial charge in [-0.3, -0.25) is 0 Å². The summed E-state index contributed by atoms with van der Waals surface area (Å²) in [5.41, 5.74) is 0.751. The van der Waals surface area contributed by atoms with Crippen LogP contribution in [0.1, 0.15) is 12.0 Å². The molecule has 1 heterocycles. The van der Waals surface area contributed by atoms with Gasteiger partial charge in [-0.15, -0.1) is 0 Å². The quantitative estimate of drug-likeness (QED) is 0.795. The van der Waals surface area contributed by atoms with Gasteiger partial charge in [-0.05, 0) is 11.6 Å². The van der Waals surface area contributed by atoms with E-state index in [9.17, 15) is 13.2 Å². The third-order valence-electron chi connectivity index (χ3n) is 1.88. The molecule has 0 unspecified atom stereocenters. The van der Waals surface area contributed by atoms with Crippen LogP contribution >= 0.6 is 0 Å². The zero-order valence-corrected chi connectivity index (χ0v) is 8.84. The van der Waals surface area contributed by atoms with Gasteiger partial charge in [0.2, 0.25) is 0 Å². The highest BCUT2D eigenvalue weighted by molar-refractivity contribution is 5.34. The summed E-state index contributed by atoms with van der Waals surface area (Å²) in [6.45, 7) is -0.176. The third-order valence-corrected chi connectivity index (χ3v) is 1.88. The monoisotopic (exact) mass is 234 g/mol. The molecule has 0 fully saturated rings. The highest BCUT2D eigenvalue weighted by atomic mass is 19.4. The predicted molar refractivity (Wildman–Crippen MR) is 54.1 cm³/mol. The molecule has 0 aliphatic carbocycles. The third kappa shape index (κ3) is 4.97. The summed E-state index contributed by atoms with van der Waals surface area (Å²) >= 11 is 0. The van der Waals surface area contributed by atoms with Crippen molar-refractivity contribution in [1.82, 2.24) is 4.98 Å². The van der Waals surface area contributed by atoms with E-state index in [4.69, 9.17) is 4.74 Å². The minimum Gasteiger partial charge on any atom is -0.376 e. The summed E-state index contributed by atoms with van der Waals surface area (Å²) in [7, 11) is 1.74. The van der Waals surface area contributed by atoms with Gasteiger partial charge >= 0.3 is 6.18 Å². The molecule has 6 heteroatoms. The second-order valence-electron chi connectivity index (χ2n) is 3.22. The summed E-state index contributed by atoms with van der Waals surface area (Å²) in [5.74, 6) is 0.707. The average molecular weight is 234 g/mol. The maximum Gasteiger partial charge on any atom is 0.391 e. The summed E-state index contributed by atoms with van der Waals surface area (Å²) in [4.78, 5) is 4.01. The lowest BCUT2D eigenvalue weighted by atomic mass is 10.3. The van der Waals surface area contributed by atoms with E-state index < -0.39 is 12.6 Å². The van der Waals surface area contributed by atoms with Crippen LogP contribution < -0.4 is 5.32 Å². The van der Waals surface area contributed by atoms with E-state index in [2.05, 4.69) is 10.3 Å². The molecule has 0 spiro atoms. The normalized spacial score (nSPS) is 11.5. The van der Waals surface area contributed by atoms with Crippen molar-refractivity contribution >= 4 is 5.82 Å². The lowest BCUT2D eigenvalue weighted by Crippen LogP contribution is -2.11. The van der Waals surface area contributed by atoms with Crippen LogP contribution in [0.4, 0.5) is 19.0 Å². The average Bonchev–Trinajstić information content (AvgIpc) is 2.24. The highest BCUT2D eigenvalue weighted by Crippen LogP contribution is 2.19. The second-order valence-corrected chi connectivity index (χ2v) is 3.22. The molecular weight excluding hydrogens is 221 g/mol. The number of pyridine rings is 1. The molecule has 1 N–H and O–H groups in total. The van der Waals surface area contributed by atoms with E-state index in [0.29, 0.717) is 5.82 Å². The Kier molecular flexibility index (Phi) is 4.54. The van der Waals surface area contributed by atoms with Crippen molar-refractivity contribution < 1.29 is 17.9 Å². The first-order valence-electron chi connectivity index (χ1n) is 4.78. The van der Waals surface area contributed by atoms with E-state index in [1.165, 1.54) is 0 Å². The molecule has 90 valence electrons. The highest BCUT2D eigenvalue weighted by Gasteiger charge is 2.26. The lowest BCUT2D eigenvalue weighted by Gasteiger charge is -2.07. The number of hydrogen-bond acceptors (Lipinski definition) is 3. The van der Waals surface area contributed by atoms with Gasteiger partial charge in [0.1, 0.15) is 5.82 Å². The fourth-order valence-corrected chi connectivity index (χ4v) is 1.04. The molecule has 0 saturated carbocycles. The molecule has 0 saturated heterocycles. The molecule has 0 atom stereocenters. The molecular formula is C10H13F3N2O. The van der Waals surface area contributed by atoms with Crippen molar-refractivity contribution in [2.45, 2.75) is 19.2 Å². The van der Waals surface area contributed by atoms with E-state index >= 15 is 0 Å². The fourth-order valence-electron chi connectivity index (χ4n) is 1.04. The number of hydrogen-bond donors (Lipinski definition) is 1. The van der Waals surface area contributed by atoms with Crippen LogP contribution in [0.25, 0.3) is 0 Å². The van der Waals surface area contributed by atoms with Crippen LogP contribution in [0.15, 0.2) is 18.3 Å². The van der Waals surface area contributed by atoms with Gasteiger partial charge in [-0.1, -0.05) is 6.07 Å². The van der Waals surface area contributed by atoms with E-state index in [-0.39, 0.29) is 13.2 Å². The van der Waals surface area contributed by atoms with Crippen molar-refractivity contribution in [2.24, 2.45) is 0 Å². The second kappa shape index (κ2) is 5.69. The van der Waals surface area contributed by atoms with Crippen LogP contribution in [-0.4, -0.2) is 24.8 Å². The first kappa shape index (κ1) is 12.8. The molecule has 0 aromatic carbocycles. The Morgan fingerprint density at radius 3 is 2.62 bits per heavy atom. The van der Waals surface area contributed by atoms with Crippen molar-refractivity contribution in [3.05, 3.63) is 23.9 Å². The standard InChI is InChI=1S/C10H13F3N2O/c1-14-9-3-2-8(6-15-9)7-16-5-4-10(11,12)13/h2-3,6H,4-5,7H2,1H3,(H,14,15). The van der Waals surface area contributed by atoms with Gasteiger partial charge in [0.25, 0.3) is 0 Å². The van der Waals surface area contributed by atoms with Gasteiger partial charge < -0.3 is 10.1 Å². The molecule has 0 aliphatic heterocycles. The number of ether oxygens (including phenoxy) is 1. The Morgan fingerprint density at radius 1 is 1.38 bits per heavy atom. The Morgan fingerprint density at radius 2 is 2.12 bits per heavy atom. The van der Waals surface area contributed by atoms with Crippen LogP contribution in [-0.2, 0) is 11.3 Å². The predicted octanol–water partition coefficient (Wildman–Crippen LogP) is 2.59. The number of nitrogens with zero attached hydrogens (tertiary/aromatic N) is 1. The smallest absolute Gasteiger partial charge is 0.376 e. The van der Waals surface area contributed by atoms with Gasteiger partial charge in [0.05, 0.1) is 19.6 Å². The zero-order chi connectivity index (χ0) is 12.0. The van der Waals surface area contributed by atoms with Crippen LogP contribution in [0, 0.1) is 0 Å². The number of rotatable bonds is 5. The molecule has 0 bridgehead atoms. The Bertz CT molecular complexity index is 311. The van der Waals surface area contributed by atoms with E-state index in [1.54, 1.807) is 25.4 Å². The molecule has 1 rings (SSSR count). The molecule has 1 aromatic rings. The van der Waals surface area contributed by atoms with Crippen molar-refractivity contribution in [2.75, 3.05) is 19.0 Å². The molecule has 0 radical (unpaired) electrons. The maximum absolute atomic E-state index is 11.8. The van der Waals surface area contributed by atoms with Crippen LogP contribution in [0.3, 0.4) is 0 Å². The summed E-state index contributed by atoms with van der Waals surface area (Å²) in [5, 5.41) is 2.84. The van der Waals surface area contributed by atoms with Gasteiger partial charge in [0, 0.05) is 13.2 Å². The van der Waals surface area contributed by atoms with Crippen molar-refractivity contribution in [3.8, 4) is 0 Å². The fraction of sp³-hybridized carbons (Fsp3) is 0.500. The topological polar surface area (TPSA) is 34.1 Å². The zero-order valence-electron chi connectivity index (χ0n) is 8.84. The maximum atomic E-state index is 11.8. The Labute approximate surface area is 91.6 Å². The lowest BCUT2D eigenvalue weighted by molar-refractivity contribution is -0.146. The van der Waals surface area contributed by atoms with Gasteiger partial charge in [-0.2, -0.15) is 13.2 Å². The SMILES string of the molecule is CNc1ccc(COCCC(F)(F)F)cn1. The largest absolute Gasteiger partial charge is 0.391 e. The molecule has 16 heavy (non-hydrogen) atoms. The van der Waals surface area contributed by atoms with Crippen LogP contribution in [0.2, 0.25) is 0 Å². The molecule has 0 aliphatic rings. The van der Waals surface area contributed by atoms with E-state index in [0.717, 1.165) is 5.56 Å². The number of aromatic nitrogens is 1.